The number of piperidine rings is 1. The summed E-state index contributed by atoms with van der Waals surface area (Å²) in [7, 11) is 0. The van der Waals surface area contributed by atoms with Crippen molar-refractivity contribution in [3.8, 4) is 0 Å². The molecule has 0 saturated carbocycles. The van der Waals surface area contributed by atoms with Crippen molar-refractivity contribution in [2.75, 3.05) is 6.54 Å². The average molecular weight is 359 g/mol. The van der Waals surface area contributed by atoms with Gasteiger partial charge in [0.05, 0.1) is 6.04 Å². The first-order valence-electron chi connectivity index (χ1n) is 7.69. The van der Waals surface area contributed by atoms with Crippen molar-refractivity contribution in [2.24, 2.45) is 17.6 Å². The van der Waals surface area contributed by atoms with Gasteiger partial charge in [-0.15, -0.1) is 11.3 Å². The molecule has 1 fully saturated rings. The molecule has 1 aliphatic heterocycles. The number of thiophene rings is 1. The summed E-state index contributed by atoms with van der Waals surface area (Å²) in [6.45, 7) is 10.5. The molecular formula is C16H27BrN2S. The molecule has 1 aromatic heterocycles. The molecule has 0 spiro atoms. The highest BCUT2D eigenvalue weighted by Gasteiger charge is 2.36. The van der Waals surface area contributed by atoms with E-state index in [-0.39, 0.29) is 6.04 Å². The predicted molar refractivity (Wildman–Crippen MR) is 92.1 cm³/mol. The number of hydrogen-bond donors (Lipinski definition) is 1. The lowest BCUT2D eigenvalue weighted by molar-refractivity contribution is 0.0301. The SMILES string of the molecule is CCC(N)C(c1cc(Br)cs1)N1CC(C)CC(C)C1C. The van der Waals surface area contributed by atoms with Crippen LogP contribution in [0.5, 0.6) is 0 Å². The highest BCUT2D eigenvalue weighted by atomic mass is 79.9. The Morgan fingerprint density at radius 3 is 2.70 bits per heavy atom. The van der Waals surface area contributed by atoms with Crippen molar-refractivity contribution in [1.82, 2.24) is 4.90 Å². The van der Waals surface area contributed by atoms with Gasteiger partial charge in [0.25, 0.3) is 0 Å². The third-order valence-corrected chi connectivity index (χ3v) is 6.52. The molecule has 20 heavy (non-hydrogen) atoms. The smallest absolute Gasteiger partial charge is 0.0596 e. The lowest BCUT2D eigenvalue weighted by Crippen LogP contribution is -2.51. The monoisotopic (exact) mass is 358 g/mol. The van der Waals surface area contributed by atoms with E-state index in [1.807, 2.05) is 11.3 Å². The molecule has 4 heteroatoms. The van der Waals surface area contributed by atoms with E-state index in [1.165, 1.54) is 22.3 Å². The maximum atomic E-state index is 6.49. The van der Waals surface area contributed by atoms with Crippen LogP contribution in [-0.4, -0.2) is 23.5 Å². The molecule has 1 aliphatic rings. The van der Waals surface area contributed by atoms with Gasteiger partial charge in [0.2, 0.25) is 0 Å². The van der Waals surface area contributed by atoms with Gasteiger partial charge in [-0.3, -0.25) is 4.90 Å². The standard InChI is InChI=1S/C16H27BrN2S/c1-5-14(18)16(15-7-13(17)9-20-15)19-8-10(2)6-11(3)12(19)4/h7,9-12,14,16H,5-6,8,18H2,1-4H3. The van der Waals surface area contributed by atoms with Crippen LogP contribution in [0.4, 0.5) is 0 Å². The summed E-state index contributed by atoms with van der Waals surface area (Å²) in [5.41, 5.74) is 6.49. The third-order valence-electron chi connectivity index (χ3n) is 4.76. The largest absolute Gasteiger partial charge is 0.326 e. The van der Waals surface area contributed by atoms with Crippen LogP contribution in [0, 0.1) is 11.8 Å². The van der Waals surface area contributed by atoms with Gasteiger partial charge in [0.1, 0.15) is 0 Å². The third kappa shape index (κ3) is 3.46. The lowest BCUT2D eigenvalue weighted by Gasteiger charge is -2.46. The van der Waals surface area contributed by atoms with E-state index in [9.17, 15) is 0 Å². The number of halogens is 1. The molecule has 2 heterocycles. The zero-order chi connectivity index (χ0) is 14.9. The van der Waals surface area contributed by atoms with E-state index in [0.717, 1.165) is 18.3 Å². The number of nitrogens with two attached hydrogens (primary N) is 1. The van der Waals surface area contributed by atoms with Crippen LogP contribution < -0.4 is 5.73 Å². The fourth-order valence-electron chi connectivity index (χ4n) is 3.45. The lowest BCUT2D eigenvalue weighted by atomic mass is 9.83. The summed E-state index contributed by atoms with van der Waals surface area (Å²) in [5.74, 6) is 1.50. The Morgan fingerprint density at radius 1 is 1.45 bits per heavy atom. The van der Waals surface area contributed by atoms with E-state index in [1.54, 1.807) is 0 Å². The molecule has 0 aliphatic carbocycles. The van der Waals surface area contributed by atoms with Crippen molar-refractivity contribution in [2.45, 2.75) is 58.7 Å². The van der Waals surface area contributed by atoms with Gasteiger partial charge in [-0.25, -0.2) is 0 Å². The van der Waals surface area contributed by atoms with Gasteiger partial charge in [0.15, 0.2) is 0 Å². The molecule has 2 N–H and O–H groups in total. The van der Waals surface area contributed by atoms with Gasteiger partial charge in [-0.1, -0.05) is 20.8 Å². The molecule has 0 bridgehead atoms. The van der Waals surface area contributed by atoms with Crippen molar-refractivity contribution >= 4 is 27.3 Å². The Balaban J connectivity index is 2.30. The van der Waals surface area contributed by atoms with E-state index >= 15 is 0 Å². The second-order valence-electron chi connectivity index (χ2n) is 6.44. The van der Waals surface area contributed by atoms with Crippen LogP contribution in [0.2, 0.25) is 0 Å². The number of nitrogens with zero attached hydrogens (tertiary/aromatic N) is 1. The number of likely N-dealkylation sites (tertiary alicyclic amines) is 1. The Hall–Kier alpha value is 0.1000. The maximum Gasteiger partial charge on any atom is 0.0596 e. The van der Waals surface area contributed by atoms with Gasteiger partial charge < -0.3 is 5.73 Å². The first-order chi connectivity index (χ1) is 9.43. The molecule has 114 valence electrons. The molecular weight excluding hydrogens is 332 g/mol. The fourth-order valence-corrected chi connectivity index (χ4v) is 5.09. The summed E-state index contributed by atoms with van der Waals surface area (Å²) in [5, 5.41) is 2.17. The average Bonchev–Trinajstić information content (AvgIpc) is 2.81. The second kappa shape index (κ2) is 6.91. The zero-order valence-corrected chi connectivity index (χ0v) is 15.4. The maximum absolute atomic E-state index is 6.49. The second-order valence-corrected chi connectivity index (χ2v) is 8.30. The van der Waals surface area contributed by atoms with E-state index in [2.05, 4.69) is 60.0 Å². The molecule has 5 atom stereocenters. The predicted octanol–water partition coefficient (Wildman–Crippen LogP) is 4.66. The first-order valence-corrected chi connectivity index (χ1v) is 9.36. The highest BCUT2D eigenvalue weighted by molar-refractivity contribution is 9.10. The van der Waals surface area contributed by atoms with Crippen LogP contribution in [0.15, 0.2) is 15.9 Å². The zero-order valence-electron chi connectivity index (χ0n) is 13.0. The van der Waals surface area contributed by atoms with Crippen molar-refractivity contribution in [3.63, 3.8) is 0 Å². The Bertz CT molecular complexity index is 434. The van der Waals surface area contributed by atoms with E-state index < -0.39 is 0 Å². The van der Waals surface area contributed by atoms with Gasteiger partial charge >= 0.3 is 0 Å². The van der Waals surface area contributed by atoms with Gasteiger partial charge in [-0.05, 0) is 53.6 Å². The van der Waals surface area contributed by atoms with E-state index in [0.29, 0.717) is 12.1 Å². The first kappa shape index (κ1) is 16.5. The normalized spacial score (nSPS) is 31.2. The van der Waals surface area contributed by atoms with Crippen LogP contribution in [0.1, 0.15) is 51.5 Å². The molecule has 0 aromatic carbocycles. The van der Waals surface area contributed by atoms with Gasteiger partial charge in [0, 0.05) is 33.4 Å². The highest BCUT2D eigenvalue weighted by Crippen LogP contribution is 2.38. The summed E-state index contributed by atoms with van der Waals surface area (Å²) >= 11 is 5.42. The van der Waals surface area contributed by atoms with Crippen LogP contribution in [-0.2, 0) is 0 Å². The summed E-state index contributed by atoms with van der Waals surface area (Å²) in [4.78, 5) is 4.06. The summed E-state index contributed by atoms with van der Waals surface area (Å²) in [6.07, 6.45) is 2.35. The van der Waals surface area contributed by atoms with Gasteiger partial charge in [-0.2, -0.15) is 0 Å². The number of rotatable bonds is 4. The summed E-state index contributed by atoms with van der Waals surface area (Å²) in [6, 6.07) is 3.42. The molecule has 2 rings (SSSR count). The fraction of sp³-hybridized carbons (Fsp3) is 0.750. The van der Waals surface area contributed by atoms with Crippen LogP contribution in [0.3, 0.4) is 0 Å². The number of hydrogen-bond acceptors (Lipinski definition) is 3. The molecule has 0 radical (unpaired) electrons. The molecule has 2 nitrogen and oxygen atoms in total. The molecule has 0 amide bonds. The minimum Gasteiger partial charge on any atom is -0.326 e. The van der Waals surface area contributed by atoms with Crippen molar-refractivity contribution < 1.29 is 0 Å². The minimum absolute atomic E-state index is 0.209. The van der Waals surface area contributed by atoms with Crippen molar-refractivity contribution in [1.29, 1.82) is 0 Å². The molecule has 5 unspecified atom stereocenters. The Morgan fingerprint density at radius 2 is 2.15 bits per heavy atom. The molecule has 1 saturated heterocycles. The van der Waals surface area contributed by atoms with Crippen LogP contribution >= 0.6 is 27.3 Å². The topological polar surface area (TPSA) is 29.3 Å². The van der Waals surface area contributed by atoms with E-state index in [4.69, 9.17) is 5.73 Å². The van der Waals surface area contributed by atoms with Crippen LogP contribution in [0.25, 0.3) is 0 Å². The Labute approximate surface area is 135 Å². The summed E-state index contributed by atoms with van der Waals surface area (Å²) < 4.78 is 1.18. The van der Waals surface area contributed by atoms with Crippen molar-refractivity contribution in [3.05, 3.63) is 20.8 Å². The minimum atomic E-state index is 0.209. The molecule has 1 aromatic rings. The Kier molecular flexibility index (Phi) is 5.69. The quantitative estimate of drug-likeness (QED) is 0.848.